The van der Waals surface area contributed by atoms with E-state index in [2.05, 4.69) is 5.32 Å². The first-order chi connectivity index (χ1) is 8.26. The van der Waals surface area contributed by atoms with Gasteiger partial charge in [-0.15, -0.1) is 0 Å². The first-order valence-corrected chi connectivity index (χ1v) is 5.93. The quantitative estimate of drug-likeness (QED) is 0.635. The zero-order valence-electron chi connectivity index (χ0n) is 11.1. The first-order valence-electron chi connectivity index (χ1n) is 5.93. The summed E-state index contributed by atoms with van der Waals surface area (Å²) < 4.78 is 0. The average Bonchev–Trinajstić information content (AvgIpc) is 2.13. The molecular formula is C14H20N2O2. The minimum absolute atomic E-state index is 0.0519. The van der Waals surface area contributed by atoms with Gasteiger partial charge in [-0.3, -0.25) is 9.59 Å². The lowest BCUT2D eigenvalue weighted by atomic mass is 9.89. The fourth-order valence-corrected chi connectivity index (χ4v) is 1.65. The Morgan fingerprint density at radius 1 is 1.28 bits per heavy atom. The third-order valence-electron chi connectivity index (χ3n) is 2.26. The summed E-state index contributed by atoms with van der Waals surface area (Å²) in [5.74, 6) is -0.348. The van der Waals surface area contributed by atoms with Crippen LogP contribution in [0.2, 0.25) is 0 Å². The number of rotatable bonds is 4. The van der Waals surface area contributed by atoms with Gasteiger partial charge in [0.05, 0.1) is 6.42 Å². The summed E-state index contributed by atoms with van der Waals surface area (Å²) in [5.41, 5.74) is 6.70. The molecule has 0 unspecified atom stereocenters. The maximum atomic E-state index is 11.6. The van der Waals surface area contributed by atoms with Crippen molar-refractivity contribution in [1.29, 1.82) is 0 Å². The van der Waals surface area contributed by atoms with Crippen LogP contribution in [-0.2, 0) is 9.59 Å². The molecule has 0 fully saturated rings. The highest BCUT2D eigenvalue weighted by Crippen LogP contribution is 2.20. The van der Waals surface area contributed by atoms with Crippen LogP contribution in [0.25, 0.3) is 0 Å². The fourth-order valence-electron chi connectivity index (χ4n) is 1.65. The Bertz CT molecular complexity index is 447. The lowest BCUT2D eigenvalue weighted by Crippen LogP contribution is -2.20. The molecule has 98 valence electrons. The van der Waals surface area contributed by atoms with E-state index in [1.54, 1.807) is 24.3 Å². The van der Waals surface area contributed by atoms with Gasteiger partial charge in [0.1, 0.15) is 5.78 Å². The molecule has 0 saturated carbocycles. The van der Waals surface area contributed by atoms with Crippen molar-refractivity contribution in [3.63, 3.8) is 0 Å². The van der Waals surface area contributed by atoms with E-state index in [4.69, 9.17) is 5.73 Å². The smallest absolute Gasteiger partial charge is 0.231 e. The maximum Gasteiger partial charge on any atom is 0.231 e. The number of hydrogen-bond donors (Lipinski definition) is 2. The number of ketones is 1. The standard InChI is InChI=1S/C14H20N2O2/c1-14(2,3)9-12(17)8-13(18)16-11-6-4-5-10(15)7-11/h4-7H,8-9,15H2,1-3H3,(H,16,18). The molecule has 1 aromatic rings. The van der Waals surface area contributed by atoms with E-state index >= 15 is 0 Å². The van der Waals surface area contributed by atoms with Crippen molar-refractivity contribution in [2.75, 3.05) is 11.1 Å². The molecule has 3 N–H and O–H groups in total. The van der Waals surface area contributed by atoms with Crippen molar-refractivity contribution in [2.45, 2.75) is 33.6 Å². The molecule has 1 rings (SSSR count). The van der Waals surface area contributed by atoms with Crippen LogP contribution in [0.4, 0.5) is 11.4 Å². The number of amides is 1. The van der Waals surface area contributed by atoms with Gasteiger partial charge in [0.25, 0.3) is 0 Å². The molecule has 0 saturated heterocycles. The average molecular weight is 248 g/mol. The van der Waals surface area contributed by atoms with E-state index in [1.807, 2.05) is 20.8 Å². The number of anilines is 2. The molecule has 0 bridgehead atoms. The Kier molecular flexibility index (Phi) is 4.48. The van der Waals surface area contributed by atoms with Crippen LogP contribution in [0.5, 0.6) is 0 Å². The van der Waals surface area contributed by atoms with Crippen LogP contribution in [0.15, 0.2) is 24.3 Å². The predicted octanol–water partition coefficient (Wildman–Crippen LogP) is 2.60. The molecule has 0 radical (unpaired) electrons. The van der Waals surface area contributed by atoms with Crippen LogP contribution in [-0.4, -0.2) is 11.7 Å². The van der Waals surface area contributed by atoms with Crippen molar-refractivity contribution in [3.8, 4) is 0 Å². The van der Waals surface area contributed by atoms with Crippen molar-refractivity contribution in [1.82, 2.24) is 0 Å². The Morgan fingerprint density at radius 3 is 2.50 bits per heavy atom. The molecule has 0 aliphatic carbocycles. The van der Waals surface area contributed by atoms with Crippen LogP contribution < -0.4 is 11.1 Å². The molecule has 0 aliphatic rings. The van der Waals surface area contributed by atoms with Gasteiger partial charge < -0.3 is 11.1 Å². The summed E-state index contributed by atoms with van der Waals surface area (Å²) in [6.07, 6.45) is 0.309. The molecule has 0 aliphatic heterocycles. The summed E-state index contributed by atoms with van der Waals surface area (Å²) in [7, 11) is 0. The third kappa shape index (κ3) is 5.48. The Hall–Kier alpha value is -1.84. The first kappa shape index (κ1) is 14.2. The van der Waals surface area contributed by atoms with Gasteiger partial charge >= 0.3 is 0 Å². The largest absolute Gasteiger partial charge is 0.399 e. The van der Waals surface area contributed by atoms with Gasteiger partial charge in [0.2, 0.25) is 5.91 Å². The highest BCUT2D eigenvalue weighted by Gasteiger charge is 2.18. The lowest BCUT2D eigenvalue weighted by Gasteiger charge is -2.16. The van der Waals surface area contributed by atoms with Crippen molar-refractivity contribution in [2.24, 2.45) is 5.41 Å². The molecule has 0 aromatic heterocycles. The Labute approximate surface area is 108 Å². The number of nitrogens with one attached hydrogen (secondary N) is 1. The lowest BCUT2D eigenvalue weighted by molar-refractivity contribution is -0.126. The highest BCUT2D eigenvalue weighted by atomic mass is 16.2. The summed E-state index contributed by atoms with van der Waals surface area (Å²) in [6, 6.07) is 6.89. The maximum absolute atomic E-state index is 11.6. The summed E-state index contributed by atoms with van der Waals surface area (Å²) in [4.78, 5) is 23.3. The molecular weight excluding hydrogens is 228 g/mol. The zero-order valence-corrected chi connectivity index (χ0v) is 11.1. The minimum atomic E-state index is -0.296. The number of carbonyl (C=O) groups excluding carboxylic acids is 2. The van der Waals surface area contributed by atoms with Crippen LogP contribution in [0, 0.1) is 5.41 Å². The summed E-state index contributed by atoms with van der Waals surface area (Å²) in [6.45, 7) is 5.92. The fraction of sp³-hybridized carbons (Fsp3) is 0.429. The van der Waals surface area contributed by atoms with E-state index < -0.39 is 0 Å². The van der Waals surface area contributed by atoms with Gasteiger partial charge in [-0.2, -0.15) is 0 Å². The van der Waals surface area contributed by atoms with Crippen molar-refractivity contribution in [3.05, 3.63) is 24.3 Å². The summed E-state index contributed by atoms with van der Waals surface area (Å²) in [5, 5.41) is 2.66. The number of hydrogen-bond acceptors (Lipinski definition) is 3. The zero-order chi connectivity index (χ0) is 13.8. The van der Waals surface area contributed by atoms with Gasteiger partial charge in [-0.1, -0.05) is 26.8 Å². The normalized spacial score (nSPS) is 11.1. The molecule has 4 nitrogen and oxygen atoms in total. The van der Waals surface area contributed by atoms with E-state index in [0.717, 1.165) is 0 Å². The molecule has 4 heteroatoms. The Morgan fingerprint density at radius 2 is 1.94 bits per heavy atom. The van der Waals surface area contributed by atoms with Gasteiger partial charge in [0.15, 0.2) is 0 Å². The molecule has 0 atom stereocenters. The van der Waals surface area contributed by atoms with E-state index in [1.165, 1.54) is 0 Å². The molecule has 0 heterocycles. The van der Waals surface area contributed by atoms with Crippen LogP contribution >= 0.6 is 0 Å². The van der Waals surface area contributed by atoms with Crippen molar-refractivity contribution < 1.29 is 9.59 Å². The molecule has 18 heavy (non-hydrogen) atoms. The number of Topliss-reactive ketones (excluding diaryl/α,β-unsaturated/α-hetero) is 1. The van der Waals surface area contributed by atoms with E-state index in [0.29, 0.717) is 17.8 Å². The van der Waals surface area contributed by atoms with Crippen LogP contribution in [0.1, 0.15) is 33.6 Å². The SMILES string of the molecule is CC(C)(C)CC(=O)CC(=O)Nc1cccc(N)c1. The Balaban J connectivity index is 2.50. The van der Waals surface area contributed by atoms with E-state index in [-0.39, 0.29) is 23.5 Å². The van der Waals surface area contributed by atoms with Crippen LogP contribution in [0.3, 0.4) is 0 Å². The molecule has 1 amide bonds. The number of nitrogen functional groups attached to an aromatic ring is 1. The second-order valence-corrected chi connectivity index (χ2v) is 5.63. The van der Waals surface area contributed by atoms with Crippen molar-refractivity contribution >= 4 is 23.1 Å². The number of carbonyl (C=O) groups is 2. The number of nitrogens with two attached hydrogens (primary N) is 1. The second kappa shape index (κ2) is 5.67. The van der Waals surface area contributed by atoms with Gasteiger partial charge in [-0.25, -0.2) is 0 Å². The molecule has 1 aromatic carbocycles. The van der Waals surface area contributed by atoms with E-state index in [9.17, 15) is 9.59 Å². The van der Waals surface area contributed by atoms with Gasteiger partial charge in [0, 0.05) is 17.8 Å². The minimum Gasteiger partial charge on any atom is -0.399 e. The second-order valence-electron chi connectivity index (χ2n) is 5.63. The highest BCUT2D eigenvalue weighted by molar-refractivity contribution is 6.04. The molecule has 0 spiro atoms. The summed E-state index contributed by atoms with van der Waals surface area (Å²) >= 11 is 0. The monoisotopic (exact) mass is 248 g/mol. The van der Waals surface area contributed by atoms with Gasteiger partial charge in [-0.05, 0) is 23.6 Å². The topological polar surface area (TPSA) is 72.2 Å². The number of benzene rings is 1. The predicted molar refractivity (Wildman–Crippen MR) is 73.2 cm³/mol. The third-order valence-corrected chi connectivity index (χ3v) is 2.26.